The molecule has 7 nitrogen and oxygen atoms in total. The fourth-order valence-electron chi connectivity index (χ4n) is 2.14. The van der Waals surface area contributed by atoms with Crippen molar-refractivity contribution in [3.05, 3.63) is 53.3 Å². The van der Waals surface area contributed by atoms with Crippen molar-refractivity contribution in [1.82, 2.24) is 9.88 Å². The van der Waals surface area contributed by atoms with Crippen molar-refractivity contribution in [1.29, 1.82) is 0 Å². The van der Waals surface area contributed by atoms with Crippen LogP contribution >= 0.6 is 0 Å². The fourth-order valence-corrected chi connectivity index (χ4v) is 2.14. The fraction of sp³-hybridized carbons (Fsp3) is 0.278. The average molecular weight is 343 g/mol. The summed E-state index contributed by atoms with van der Waals surface area (Å²) in [5.74, 6) is -1.40. The van der Waals surface area contributed by atoms with Crippen molar-refractivity contribution >= 4 is 23.5 Å². The van der Waals surface area contributed by atoms with Crippen LogP contribution in [0.5, 0.6) is 0 Å². The summed E-state index contributed by atoms with van der Waals surface area (Å²) in [7, 11) is 1.48. The van der Waals surface area contributed by atoms with Crippen LogP contribution in [0.2, 0.25) is 0 Å². The minimum Gasteiger partial charge on any atom is -0.451 e. The molecule has 7 heteroatoms. The summed E-state index contributed by atoms with van der Waals surface area (Å²) in [6.07, 6.45) is 1.59. The monoisotopic (exact) mass is 343 g/mol. The van der Waals surface area contributed by atoms with Crippen molar-refractivity contribution in [3.63, 3.8) is 0 Å². The molecule has 0 saturated heterocycles. The molecule has 0 spiro atoms. The van der Waals surface area contributed by atoms with Crippen molar-refractivity contribution in [2.45, 2.75) is 13.8 Å². The van der Waals surface area contributed by atoms with Crippen LogP contribution in [0.15, 0.2) is 36.5 Å². The van der Waals surface area contributed by atoms with Crippen LogP contribution < -0.4 is 5.32 Å². The summed E-state index contributed by atoms with van der Waals surface area (Å²) in [5.41, 5.74) is 2.95. The number of aromatic nitrogens is 1. The zero-order valence-electron chi connectivity index (χ0n) is 14.5. The van der Waals surface area contributed by atoms with Gasteiger partial charge in [0.15, 0.2) is 6.61 Å². The van der Waals surface area contributed by atoms with Gasteiger partial charge in [-0.2, -0.15) is 0 Å². The Hall–Kier alpha value is -3.09. The summed E-state index contributed by atoms with van der Waals surface area (Å²) in [4.78, 5) is 39.7. The Balaban J connectivity index is 1.82. The summed E-state index contributed by atoms with van der Waals surface area (Å²) < 4.78 is 4.91. The number of nitrogens with one attached hydrogen (secondary N) is 2. The second-order valence-corrected chi connectivity index (χ2v) is 5.78. The van der Waals surface area contributed by atoms with Crippen molar-refractivity contribution < 1.29 is 19.1 Å². The molecule has 1 heterocycles. The first-order valence-corrected chi connectivity index (χ1v) is 7.78. The highest BCUT2D eigenvalue weighted by Crippen LogP contribution is 2.16. The molecule has 2 amide bonds. The molecule has 132 valence electrons. The topological polar surface area (TPSA) is 91.5 Å². The number of likely N-dealkylation sites (N-methyl/N-ethyl adjacent to an activating group) is 1. The van der Waals surface area contributed by atoms with Crippen LogP contribution in [0, 0.1) is 13.8 Å². The van der Waals surface area contributed by atoms with E-state index < -0.39 is 18.5 Å². The standard InChI is InChI=1S/C18H21N3O4/c1-12-6-7-13(2)15(9-12)20-16(22)10-21(3)17(23)11-25-18(24)14-5-4-8-19-14/h4-9,19H,10-11H2,1-3H3,(H,20,22). The first kappa shape index (κ1) is 18.3. The third-order valence-electron chi connectivity index (χ3n) is 3.62. The molecule has 0 bridgehead atoms. The van der Waals surface area contributed by atoms with Gasteiger partial charge in [-0.25, -0.2) is 4.79 Å². The van der Waals surface area contributed by atoms with E-state index >= 15 is 0 Å². The number of ether oxygens (including phenoxy) is 1. The molecule has 25 heavy (non-hydrogen) atoms. The zero-order valence-corrected chi connectivity index (χ0v) is 14.5. The van der Waals surface area contributed by atoms with E-state index in [4.69, 9.17) is 4.74 Å². The number of hydrogen-bond acceptors (Lipinski definition) is 4. The van der Waals surface area contributed by atoms with Crippen LogP contribution in [0.3, 0.4) is 0 Å². The quantitative estimate of drug-likeness (QED) is 0.784. The van der Waals surface area contributed by atoms with E-state index in [2.05, 4.69) is 10.3 Å². The van der Waals surface area contributed by atoms with Gasteiger partial charge in [0, 0.05) is 18.9 Å². The minimum absolute atomic E-state index is 0.133. The lowest BCUT2D eigenvalue weighted by atomic mass is 10.1. The van der Waals surface area contributed by atoms with E-state index in [-0.39, 0.29) is 18.1 Å². The van der Waals surface area contributed by atoms with Crippen LogP contribution in [0.1, 0.15) is 21.6 Å². The molecule has 1 aromatic heterocycles. The van der Waals surface area contributed by atoms with Gasteiger partial charge in [-0.3, -0.25) is 9.59 Å². The van der Waals surface area contributed by atoms with Crippen LogP contribution in [-0.4, -0.2) is 47.9 Å². The third-order valence-corrected chi connectivity index (χ3v) is 3.62. The van der Waals surface area contributed by atoms with Gasteiger partial charge in [-0.1, -0.05) is 12.1 Å². The second-order valence-electron chi connectivity index (χ2n) is 5.78. The smallest absolute Gasteiger partial charge is 0.355 e. The van der Waals surface area contributed by atoms with E-state index in [1.165, 1.54) is 11.9 Å². The molecule has 0 aliphatic carbocycles. The highest BCUT2D eigenvalue weighted by molar-refractivity contribution is 5.95. The number of esters is 1. The van der Waals surface area contributed by atoms with E-state index in [0.717, 1.165) is 11.1 Å². The van der Waals surface area contributed by atoms with Crippen LogP contribution in [-0.2, 0) is 14.3 Å². The number of aryl methyl sites for hydroxylation is 2. The van der Waals surface area contributed by atoms with E-state index in [1.807, 2.05) is 32.0 Å². The number of H-pyrrole nitrogens is 1. The molecule has 0 aliphatic heterocycles. The van der Waals surface area contributed by atoms with E-state index in [0.29, 0.717) is 5.69 Å². The van der Waals surface area contributed by atoms with Gasteiger partial charge in [0.25, 0.3) is 5.91 Å². The molecule has 1 aromatic carbocycles. The zero-order chi connectivity index (χ0) is 18.4. The number of nitrogens with zero attached hydrogens (tertiary/aromatic N) is 1. The Morgan fingerprint density at radius 2 is 1.96 bits per heavy atom. The lowest BCUT2D eigenvalue weighted by molar-refractivity contribution is -0.136. The van der Waals surface area contributed by atoms with Crippen LogP contribution in [0.4, 0.5) is 5.69 Å². The Labute approximate surface area is 146 Å². The second kappa shape index (κ2) is 8.14. The van der Waals surface area contributed by atoms with E-state index in [9.17, 15) is 14.4 Å². The van der Waals surface area contributed by atoms with Gasteiger partial charge in [0.1, 0.15) is 5.69 Å². The SMILES string of the molecule is Cc1ccc(C)c(NC(=O)CN(C)C(=O)COC(=O)c2ccc[nH]2)c1. The van der Waals surface area contributed by atoms with E-state index in [1.54, 1.807) is 18.3 Å². The summed E-state index contributed by atoms with van der Waals surface area (Å²) in [6.45, 7) is 3.27. The number of amides is 2. The number of aromatic amines is 1. The molecule has 0 aliphatic rings. The molecular formula is C18H21N3O4. The Morgan fingerprint density at radius 3 is 2.64 bits per heavy atom. The minimum atomic E-state index is -0.619. The summed E-state index contributed by atoms with van der Waals surface area (Å²) in [5, 5.41) is 2.78. The molecule has 2 N–H and O–H groups in total. The van der Waals surface area contributed by atoms with Gasteiger partial charge in [0.05, 0.1) is 6.54 Å². The van der Waals surface area contributed by atoms with Gasteiger partial charge in [0.2, 0.25) is 5.91 Å². The lowest BCUT2D eigenvalue weighted by Crippen LogP contribution is -2.37. The predicted molar refractivity (Wildman–Crippen MR) is 93.3 cm³/mol. The summed E-state index contributed by atoms with van der Waals surface area (Å²) in [6, 6.07) is 8.95. The molecule has 0 radical (unpaired) electrons. The molecule has 0 saturated carbocycles. The Morgan fingerprint density at radius 1 is 1.20 bits per heavy atom. The predicted octanol–water partition coefficient (Wildman–Crippen LogP) is 1.89. The average Bonchev–Trinajstić information content (AvgIpc) is 3.10. The van der Waals surface area contributed by atoms with Crippen molar-refractivity contribution in [2.24, 2.45) is 0 Å². The number of carbonyl (C=O) groups is 3. The molecular weight excluding hydrogens is 322 g/mol. The maximum Gasteiger partial charge on any atom is 0.355 e. The highest BCUT2D eigenvalue weighted by atomic mass is 16.5. The molecule has 0 fully saturated rings. The molecule has 0 atom stereocenters. The first-order valence-electron chi connectivity index (χ1n) is 7.78. The number of benzene rings is 1. The molecule has 0 unspecified atom stereocenters. The van der Waals surface area contributed by atoms with Crippen molar-refractivity contribution in [3.8, 4) is 0 Å². The summed E-state index contributed by atoms with van der Waals surface area (Å²) >= 11 is 0. The first-order chi connectivity index (χ1) is 11.9. The lowest BCUT2D eigenvalue weighted by Gasteiger charge is -2.17. The maximum absolute atomic E-state index is 12.1. The van der Waals surface area contributed by atoms with Gasteiger partial charge in [-0.05, 0) is 43.2 Å². The Kier molecular flexibility index (Phi) is 5.94. The molecule has 2 rings (SSSR count). The van der Waals surface area contributed by atoms with Gasteiger partial charge < -0.3 is 19.9 Å². The highest BCUT2D eigenvalue weighted by Gasteiger charge is 2.16. The van der Waals surface area contributed by atoms with Crippen molar-refractivity contribution in [2.75, 3.05) is 25.5 Å². The number of anilines is 1. The maximum atomic E-state index is 12.1. The number of carbonyl (C=O) groups excluding carboxylic acids is 3. The number of rotatable bonds is 6. The third kappa shape index (κ3) is 5.20. The molecule has 2 aromatic rings. The largest absolute Gasteiger partial charge is 0.451 e. The van der Waals surface area contributed by atoms with Gasteiger partial charge in [-0.15, -0.1) is 0 Å². The normalized spacial score (nSPS) is 10.2. The van der Waals surface area contributed by atoms with Gasteiger partial charge >= 0.3 is 5.97 Å². The van der Waals surface area contributed by atoms with Crippen LogP contribution in [0.25, 0.3) is 0 Å². The number of hydrogen-bond donors (Lipinski definition) is 2. The Bertz CT molecular complexity index is 769.